The van der Waals surface area contributed by atoms with Gasteiger partial charge in [0.05, 0.1) is 0 Å². The van der Waals surface area contributed by atoms with E-state index in [0.29, 0.717) is 6.54 Å². The van der Waals surface area contributed by atoms with Crippen LogP contribution in [0.25, 0.3) is 11.1 Å². The van der Waals surface area contributed by atoms with Crippen molar-refractivity contribution in [2.75, 3.05) is 0 Å². The van der Waals surface area contributed by atoms with Gasteiger partial charge in [-0.3, -0.25) is 0 Å². The molecule has 0 aliphatic rings. The summed E-state index contributed by atoms with van der Waals surface area (Å²) < 4.78 is 0. The Hall–Kier alpha value is -1.60. The van der Waals surface area contributed by atoms with Crippen LogP contribution in [0.1, 0.15) is 16.7 Å². The van der Waals surface area contributed by atoms with E-state index in [1.807, 2.05) is 0 Å². The molecule has 1 heteroatoms. The van der Waals surface area contributed by atoms with Gasteiger partial charge in [-0.1, -0.05) is 30.3 Å². The van der Waals surface area contributed by atoms with Crippen LogP contribution in [0, 0.1) is 19.9 Å². The molecular formula is C15H16N. The quantitative estimate of drug-likeness (QED) is 0.809. The fourth-order valence-corrected chi connectivity index (χ4v) is 1.94. The molecule has 0 fully saturated rings. The molecule has 0 unspecified atom stereocenters. The van der Waals surface area contributed by atoms with Crippen LogP contribution in [0.5, 0.6) is 0 Å². The summed E-state index contributed by atoms with van der Waals surface area (Å²) in [5, 5.41) is 0. The topological polar surface area (TPSA) is 26.0 Å². The van der Waals surface area contributed by atoms with E-state index in [1.54, 1.807) is 0 Å². The highest BCUT2D eigenvalue weighted by atomic mass is 14.5. The zero-order valence-electron chi connectivity index (χ0n) is 9.75. The van der Waals surface area contributed by atoms with Crippen LogP contribution in [0.15, 0.2) is 36.4 Å². The summed E-state index contributed by atoms with van der Waals surface area (Å²) in [6, 6.07) is 16.0. The molecule has 0 aliphatic heterocycles. The Morgan fingerprint density at radius 3 is 2.31 bits per heavy atom. The minimum Gasteiger partial charge on any atom is -0.326 e. The molecule has 2 aromatic rings. The minimum atomic E-state index is 0.588. The lowest BCUT2D eigenvalue weighted by Crippen LogP contribution is -1.95. The summed E-state index contributed by atoms with van der Waals surface area (Å²) in [5.41, 5.74) is 11.6. The van der Waals surface area contributed by atoms with Crippen LogP contribution >= 0.6 is 0 Å². The fraction of sp³-hybridized carbons (Fsp3) is 0.200. The first-order valence-corrected chi connectivity index (χ1v) is 5.49. The second-order valence-corrected chi connectivity index (χ2v) is 4.14. The van der Waals surface area contributed by atoms with E-state index in [-0.39, 0.29) is 0 Å². The number of hydrogen-bond acceptors (Lipinski definition) is 1. The molecule has 1 nitrogen and oxygen atoms in total. The average Bonchev–Trinajstić information content (AvgIpc) is 2.28. The molecule has 0 aliphatic carbocycles. The molecule has 0 saturated heterocycles. The standard InChI is InChI=1S/C15H16N/c1-11-6-12(2)8-15(7-11)14-5-3-4-13(9-14)10-16/h3-5,7-9H,10,16H2,1-2H3. The van der Waals surface area contributed by atoms with Gasteiger partial charge in [-0.25, -0.2) is 0 Å². The van der Waals surface area contributed by atoms with Crippen molar-refractivity contribution in [2.24, 2.45) is 5.73 Å². The summed E-state index contributed by atoms with van der Waals surface area (Å²) in [6.45, 7) is 4.73. The van der Waals surface area contributed by atoms with E-state index in [1.165, 1.54) is 27.8 Å². The first kappa shape index (κ1) is 10.9. The first-order chi connectivity index (χ1) is 7.69. The summed E-state index contributed by atoms with van der Waals surface area (Å²) in [5.74, 6) is 0. The molecule has 0 spiro atoms. The lowest BCUT2D eigenvalue weighted by Gasteiger charge is -2.06. The van der Waals surface area contributed by atoms with Crippen LogP contribution in [0.4, 0.5) is 0 Å². The Morgan fingerprint density at radius 2 is 1.69 bits per heavy atom. The molecule has 0 amide bonds. The largest absolute Gasteiger partial charge is 0.326 e. The highest BCUT2D eigenvalue weighted by Crippen LogP contribution is 2.22. The zero-order valence-corrected chi connectivity index (χ0v) is 9.75. The minimum absolute atomic E-state index is 0.588. The SMILES string of the molecule is Cc1[c]c(C)cc(-c2cccc(CN)c2)c1. The van der Waals surface area contributed by atoms with Gasteiger partial charge in [0, 0.05) is 6.54 Å². The van der Waals surface area contributed by atoms with Crippen molar-refractivity contribution in [3.05, 3.63) is 59.2 Å². The number of benzene rings is 2. The summed E-state index contributed by atoms with van der Waals surface area (Å²) >= 11 is 0. The Balaban J connectivity index is 2.49. The number of nitrogens with two attached hydrogens (primary N) is 1. The second-order valence-electron chi connectivity index (χ2n) is 4.14. The van der Waals surface area contributed by atoms with Gasteiger partial charge in [-0.05, 0) is 53.8 Å². The number of hydrogen-bond donors (Lipinski definition) is 1. The van der Waals surface area contributed by atoms with Gasteiger partial charge in [0.2, 0.25) is 0 Å². The maximum atomic E-state index is 5.65. The normalized spacial score (nSPS) is 10.4. The van der Waals surface area contributed by atoms with Gasteiger partial charge in [0.15, 0.2) is 0 Å². The molecule has 0 aromatic heterocycles. The van der Waals surface area contributed by atoms with Crippen LogP contribution < -0.4 is 5.73 Å². The lowest BCUT2D eigenvalue weighted by molar-refractivity contribution is 1.07. The number of aryl methyl sites for hydroxylation is 2. The van der Waals surface area contributed by atoms with E-state index in [2.05, 4.69) is 56.3 Å². The van der Waals surface area contributed by atoms with Gasteiger partial charge in [0.1, 0.15) is 0 Å². The van der Waals surface area contributed by atoms with Crippen LogP contribution in [-0.4, -0.2) is 0 Å². The fourth-order valence-electron chi connectivity index (χ4n) is 1.94. The Labute approximate surface area is 96.9 Å². The third kappa shape index (κ3) is 2.31. The van der Waals surface area contributed by atoms with Crippen molar-refractivity contribution in [1.82, 2.24) is 0 Å². The van der Waals surface area contributed by atoms with Gasteiger partial charge in [-0.2, -0.15) is 0 Å². The average molecular weight is 210 g/mol. The summed E-state index contributed by atoms with van der Waals surface area (Å²) in [4.78, 5) is 0. The Kier molecular flexibility index (Phi) is 3.07. The van der Waals surface area contributed by atoms with Crippen molar-refractivity contribution in [3.8, 4) is 11.1 Å². The third-order valence-electron chi connectivity index (χ3n) is 2.63. The van der Waals surface area contributed by atoms with E-state index >= 15 is 0 Å². The third-order valence-corrected chi connectivity index (χ3v) is 2.63. The lowest BCUT2D eigenvalue weighted by atomic mass is 9.99. The molecule has 0 heterocycles. The maximum Gasteiger partial charge on any atom is 0.0178 e. The Bertz CT molecular complexity index is 480. The van der Waals surface area contributed by atoms with Crippen molar-refractivity contribution in [3.63, 3.8) is 0 Å². The summed E-state index contributed by atoms with van der Waals surface area (Å²) in [6.07, 6.45) is 0. The number of rotatable bonds is 2. The van der Waals surface area contributed by atoms with Crippen LogP contribution in [-0.2, 0) is 6.54 Å². The van der Waals surface area contributed by atoms with Crippen molar-refractivity contribution in [1.29, 1.82) is 0 Å². The molecular weight excluding hydrogens is 194 g/mol. The highest BCUT2D eigenvalue weighted by molar-refractivity contribution is 5.65. The highest BCUT2D eigenvalue weighted by Gasteiger charge is 2.00. The van der Waals surface area contributed by atoms with E-state index in [4.69, 9.17) is 5.73 Å². The van der Waals surface area contributed by atoms with Gasteiger partial charge in [-0.15, -0.1) is 0 Å². The molecule has 0 bridgehead atoms. The summed E-state index contributed by atoms with van der Waals surface area (Å²) in [7, 11) is 0. The molecule has 2 rings (SSSR count). The maximum absolute atomic E-state index is 5.65. The van der Waals surface area contributed by atoms with E-state index < -0.39 is 0 Å². The predicted octanol–water partition coefficient (Wildman–Crippen LogP) is 3.23. The molecule has 2 N–H and O–H groups in total. The van der Waals surface area contributed by atoms with E-state index in [9.17, 15) is 0 Å². The van der Waals surface area contributed by atoms with Crippen molar-refractivity contribution >= 4 is 0 Å². The zero-order chi connectivity index (χ0) is 11.5. The van der Waals surface area contributed by atoms with Crippen molar-refractivity contribution in [2.45, 2.75) is 20.4 Å². The van der Waals surface area contributed by atoms with Gasteiger partial charge >= 0.3 is 0 Å². The van der Waals surface area contributed by atoms with E-state index in [0.717, 1.165) is 0 Å². The van der Waals surface area contributed by atoms with Gasteiger partial charge in [0.25, 0.3) is 0 Å². The van der Waals surface area contributed by atoms with Crippen LogP contribution in [0.3, 0.4) is 0 Å². The molecule has 2 aromatic carbocycles. The Morgan fingerprint density at radius 1 is 1.00 bits per heavy atom. The van der Waals surface area contributed by atoms with Gasteiger partial charge < -0.3 is 5.73 Å². The first-order valence-electron chi connectivity index (χ1n) is 5.49. The molecule has 0 saturated carbocycles. The molecule has 0 atom stereocenters. The molecule has 16 heavy (non-hydrogen) atoms. The smallest absolute Gasteiger partial charge is 0.0178 e. The second kappa shape index (κ2) is 4.50. The monoisotopic (exact) mass is 210 g/mol. The van der Waals surface area contributed by atoms with Crippen molar-refractivity contribution < 1.29 is 0 Å². The predicted molar refractivity (Wildman–Crippen MR) is 68.1 cm³/mol. The molecule has 1 radical (unpaired) electrons. The van der Waals surface area contributed by atoms with Crippen LogP contribution in [0.2, 0.25) is 0 Å². The molecule has 81 valence electrons.